The number of pyridine rings is 1. The molecule has 0 spiro atoms. The summed E-state index contributed by atoms with van der Waals surface area (Å²) in [4.78, 5) is 27.2. The molecule has 2 heterocycles. The zero-order valence-corrected chi connectivity index (χ0v) is 17.0. The topological polar surface area (TPSA) is 83.0 Å². The molecule has 2 aromatic heterocycles. The van der Waals surface area contributed by atoms with Crippen LogP contribution in [0.25, 0.3) is 0 Å². The summed E-state index contributed by atoms with van der Waals surface area (Å²) in [5.74, 6) is 0.327. The van der Waals surface area contributed by atoms with Gasteiger partial charge >= 0.3 is 0 Å². The molecule has 0 aliphatic rings. The number of nitrogens with one attached hydrogen (secondary N) is 2. The fourth-order valence-electron chi connectivity index (χ4n) is 3.03. The van der Waals surface area contributed by atoms with Crippen molar-refractivity contribution >= 4 is 23.1 Å². The van der Waals surface area contributed by atoms with Crippen LogP contribution in [0.15, 0.2) is 55.1 Å². The first kappa shape index (κ1) is 20.3. The summed E-state index contributed by atoms with van der Waals surface area (Å²) in [6.45, 7) is 8.72. The van der Waals surface area contributed by atoms with Crippen molar-refractivity contribution < 1.29 is 4.79 Å². The Morgan fingerprint density at radius 2 is 1.79 bits per heavy atom. The molecular formula is C22H26N6O. The molecule has 0 atom stereocenters. The molecule has 29 heavy (non-hydrogen) atoms. The minimum Gasteiger partial charge on any atom is -0.372 e. The van der Waals surface area contributed by atoms with Crippen molar-refractivity contribution in [2.45, 2.75) is 27.3 Å². The Morgan fingerprint density at radius 3 is 2.48 bits per heavy atom. The zero-order chi connectivity index (χ0) is 20.6. The molecule has 3 rings (SSSR count). The van der Waals surface area contributed by atoms with Crippen molar-refractivity contribution in [1.82, 2.24) is 15.0 Å². The van der Waals surface area contributed by atoms with Crippen LogP contribution in [0.2, 0.25) is 0 Å². The van der Waals surface area contributed by atoms with E-state index in [2.05, 4.69) is 50.4 Å². The predicted octanol–water partition coefficient (Wildman–Crippen LogP) is 3.89. The number of nitrogens with zero attached hydrogens (tertiary/aromatic N) is 4. The van der Waals surface area contributed by atoms with Gasteiger partial charge in [0.2, 0.25) is 0 Å². The van der Waals surface area contributed by atoms with Gasteiger partial charge in [-0.25, -0.2) is 9.97 Å². The van der Waals surface area contributed by atoms with E-state index in [1.807, 2.05) is 31.2 Å². The smallest absolute Gasteiger partial charge is 0.274 e. The molecular weight excluding hydrogens is 364 g/mol. The number of hydrogen-bond acceptors (Lipinski definition) is 6. The van der Waals surface area contributed by atoms with Crippen LogP contribution in [-0.4, -0.2) is 33.9 Å². The molecule has 3 aromatic rings. The van der Waals surface area contributed by atoms with Crippen molar-refractivity contribution in [2.24, 2.45) is 0 Å². The Balaban J connectivity index is 1.68. The van der Waals surface area contributed by atoms with E-state index in [9.17, 15) is 4.79 Å². The minimum absolute atomic E-state index is 0.266. The van der Waals surface area contributed by atoms with E-state index in [1.165, 1.54) is 6.33 Å². The van der Waals surface area contributed by atoms with Gasteiger partial charge < -0.3 is 15.5 Å². The van der Waals surface area contributed by atoms with Crippen LogP contribution in [0.4, 0.5) is 17.2 Å². The minimum atomic E-state index is -0.266. The van der Waals surface area contributed by atoms with Crippen LogP contribution in [0.5, 0.6) is 0 Å². The van der Waals surface area contributed by atoms with Crippen LogP contribution in [0.1, 0.15) is 35.5 Å². The molecule has 0 aliphatic heterocycles. The van der Waals surface area contributed by atoms with E-state index in [0.717, 1.165) is 35.6 Å². The maximum Gasteiger partial charge on any atom is 0.274 e. The summed E-state index contributed by atoms with van der Waals surface area (Å²) in [7, 11) is 0. The maximum atomic E-state index is 12.7. The largest absolute Gasteiger partial charge is 0.372 e. The Bertz CT molecular complexity index is 957. The van der Waals surface area contributed by atoms with Gasteiger partial charge in [-0.1, -0.05) is 0 Å². The van der Waals surface area contributed by atoms with E-state index in [1.54, 1.807) is 18.5 Å². The third-order valence-electron chi connectivity index (χ3n) is 4.71. The number of aryl methyl sites for hydroxylation is 1. The van der Waals surface area contributed by atoms with Crippen LogP contribution in [-0.2, 0) is 6.54 Å². The molecule has 0 saturated heterocycles. The van der Waals surface area contributed by atoms with Crippen molar-refractivity contribution in [1.29, 1.82) is 0 Å². The molecule has 7 nitrogen and oxygen atoms in total. The average molecular weight is 390 g/mol. The van der Waals surface area contributed by atoms with Crippen LogP contribution in [0, 0.1) is 6.92 Å². The van der Waals surface area contributed by atoms with E-state index in [4.69, 9.17) is 0 Å². The molecule has 1 aromatic carbocycles. The third kappa shape index (κ3) is 5.28. The number of hydrogen-bond donors (Lipinski definition) is 2. The second-order valence-electron chi connectivity index (χ2n) is 6.62. The summed E-state index contributed by atoms with van der Waals surface area (Å²) in [5, 5.41) is 6.15. The Labute approximate surface area is 171 Å². The summed E-state index contributed by atoms with van der Waals surface area (Å²) in [5.41, 5.74) is 4.32. The predicted molar refractivity (Wildman–Crippen MR) is 116 cm³/mol. The molecule has 7 heteroatoms. The van der Waals surface area contributed by atoms with Crippen molar-refractivity contribution in [3.05, 3.63) is 71.9 Å². The number of aromatic nitrogens is 3. The van der Waals surface area contributed by atoms with Gasteiger partial charge in [0.1, 0.15) is 17.8 Å². The van der Waals surface area contributed by atoms with Crippen LogP contribution < -0.4 is 15.5 Å². The first-order chi connectivity index (χ1) is 14.1. The zero-order valence-electron chi connectivity index (χ0n) is 17.0. The summed E-state index contributed by atoms with van der Waals surface area (Å²) in [6.07, 6.45) is 4.87. The third-order valence-corrected chi connectivity index (χ3v) is 4.71. The van der Waals surface area contributed by atoms with E-state index in [-0.39, 0.29) is 5.91 Å². The van der Waals surface area contributed by atoms with E-state index in [0.29, 0.717) is 18.1 Å². The molecule has 0 saturated carbocycles. The van der Waals surface area contributed by atoms with Gasteiger partial charge in [-0.05, 0) is 62.2 Å². The lowest BCUT2D eigenvalue weighted by atomic mass is 10.1. The van der Waals surface area contributed by atoms with Crippen molar-refractivity contribution in [3.63, 3.8) is 0 Å². The van der Waals surface area contributed by atoms with Gasteiger partial charge in [0.25, 0.3) is 5.91 Å². The molecule has 2 N–H and O–H groups in total. The highest BCUT2D eigenvalue weighted by atomic mass is 16.1. The highest BCUT2D eigenvalue weighted by Gasteiger charge is 2.12. The highest BCUT2D eigenvalue weighted by Crippen LogP contribution is 2.23. The number of carbonyl (C=O) groups is 1. The summed E-state index contributed by atoms with van der Waals surface area (Å²) < 4.78 is 0. The molecule has 0 unspecified atom stereocenters. The first-order valence-corrected chi connectivity index (χ1v) is 9.72. The van der Waals surface area contributed by atoms with Gasteiger partial charge in [-0.2, -0.15) is 0 Å². The molecule has 150 valence electrons. The number of rotatable bonds is 8. The lowest BCUT2D eigenvalue weighted by Gasteiger charge is -2.22. The fourth-order valence-corrected chi connectivity index (χ4v) is 3.03. The van der Waals surface area contributed by atoms with Crippen LogP contribution >= 0.6 is 0 Å². The lowest BCUT2D eigenvalue weighted by molar-refractivity contribution is 0.102. The standard InChI is InChI=1S/C22H26N6O/c1-4-28(5-2)18-6-7-19(16(3)12-18)27-22(29)20-13-21(26-15-25-20)24-14-17-8-10-23-11-9-17/h6-13,15H,4-5,14H2,1-3H3,(H,27,29)(H,24,25,26). The quantitative estimate of drug-likeness (QED) is 0.607. The van der Waals surface area contributed by atoms with Gasteiger partial charge in [-0.3, -0.25) is 9.78 Å². The van der Waals surface area contributed by atoms with Gasteiger partial charge in [0, 0.05) is 49.5 Å². The second-order valence-corrected chi connectivity index (χ2v) is 6.62. The van der Waals surface area contributed by atoms with Gasteiger partial charge in [0.05, 0.1) is 0 Å². The number of amides is 1. The Hall–Kier alpha value is -3.48. The van der Waals surface area contributed by atoms with Gasteiger partial charge in [-0.15, -0.1) is 0 Å². The number of anilines is 3. The van der Waals surface area contributed by atoms with E-state index < -0.39 is 0 Å². The number of benzene rings is 1. The Kier molecular flexibility index (Phi) is 6.73. The first-order valence-electron chi connectivity index (χ1n) is 9.72. The molecule has 1 amide bonds. The Morgan fingerprint density at radius 1 is 1.03 bits per heavy atom. The van der Waals surface area contributed by atoms with Gasteiger partial charge in [0.15, 0.2) is 0 Å². The highest BCUT2D eigenvalue weighted by molar-refractivity contribution is 6.03. The monoisotopic (exact) mass is 390 g/mol. The van der Waals surface area contributed by atoms with Crippen LogP contribution in [0.3, 0.4) is 0 Å². The van der Waals surface area contributed by atoms with Crippen molar-refractivity contribution in [2.75, 3.05) is 28.6 Å². The normalized spacial score (nSPS) is 10.4. The summed E-state index contributed by atoms with van der Waals surface area (Å²) in [6, 6.07) is 11.5. The maximum absolute atomic E-state index is 12.7. The lowest BCUT2D eigenvalue weighted by Crippen LogP contribution is -2.22. The molecule has 0 fully saturated rings. The molecule has 0 aliphatic carbocycles. The van der Waals surface area contributed by atoms with Crippen molar-refractivity contribution in [3.8, 4) is 0 Å². The SMILES string of the molecule is CCN(CC)c1ccc(NC(=O)c2cc(NCc3ccncc3)ncn2)c(C)c1. The second kappa shape index (κ2) is 9.64. The van der Waals surface area contributed by atoms with E-state index >= 15 is 0 Å². The summed E-state index contributed by atoms with van der Waals surface area (Å²) >= 11 is 0. The number of carbonyl (C=O) groups excluding carboxylic acids is 1. The molecule has 0 bridgehead atoms. The fraction of sp³-hybridized carbons (Fsp3) is 0.273. The average Bonchev–Trinajstić information content (AvgIpc) is 2.76. The molecule has 0 radical (unpaired) electrons.